The number of halogens is 1. The number of hydrogen-bond acceptors (Lipinski definition) is 3. The van der Waals surface area contributed by atoms with Crippen LogP contribution in [0.1, 0.15) is 42.9 Å². The molecule has 0 fully saturated rings. The zero-order valence-electron chi connectivity index (χ0n) is 17.7. The lowest BCUT2D eigenvalue weighted by molar-refractivity contribution is -0.117. The van der Waals surface area contributed by atoms with Crippen molar-refractivity contribution in [2.24, 2.45) is 0 Å². The quantitative estimate of drug-likeness (QED) is 0.509. The first-order chi connectivity index (χ1) is 15.5. The predicted octanol–water partition coefficient (Wildman–Crippen LogP) is 6.26. The molecule has 2 aliphatic rings. The maximum absolute atomic E-state index is 13.7. The largest absolute Gasteiger partial charge is 0.357 e. The Kier molecular flexibility index (Phi) is 5.32. The molecule has 1 heterocycles. The van der Waals surface area contributed by atoms with E-state index in [1.165, 1.54) is 6.92 Å². The molecule has 0 saturated heterocycles. The highest BCUT2D eigenvalue weighted by molar-refractivity contribution is 6.31. The van der Waals surface area contributed by atoms with Crippen molar-refractivity contribution in [2.75, 3.05) is 10.2 Å². The van der Waals surface area contributed by atoms with Crippen LogP contribution >= 0.6 is 11.6 Å². The second-order valence-electron chi connectivity index (χ2n) is 8.29. The zero-order valence-corrected chi connectivity index (χ0v) is 18.5. The second-order valence-corrected chi connectivity index (χ2v) is 8.69. The predicted molar refractivity (Wildman–Crippen MR) is 128 cm³/mol. The normalized spacial score (nSPS) is 20.2. The van der Waals surface area contributed by atoms with Gasteiger partial charge in [-0.1, -0.05) is 72.3 Å². The number of hydrogen-bond donors (Lipinski definition) is 1. The van der Waals surface area contributed by atoms with Crippen LogP contribution in [0.3, 0.4) is 0 Å². The molecule has 160 valence electrons. The van der Waals surface area contributed by atoms with Crippen molar-refractivity contribution in [2.45, 2.75) is 31.7 Å². The summed E-state index contributed by atoms with van der Waals surface area (Å²) in [5.41, 5.74) is 4.92. The summed E-state index contributed by atoms with van der Waals surface area (Å²) in [6.07, 6.45) is 1.08. The van der Waals surface area contributed by atoms with Gasteiger partial charge in [-0.3, -0.25) is 14.5 Å². The summed E-state index contributed by atoms with van der Waals surface area (Å²) < 4.78 is 0. The average molecular weight is 443 g/mol. The number of para-hydroxylation sites is 2. The Morgan fingerprint density at radius 1 is 0.938 bits per heavy atom. The van der Waals surface area contributed by atoms with Crippen molar-refractivity contribution in [1.82, 2.24) is 0 Å². The summed E-state index contributed by atoms with van der Waals surface area (Å²) in [4.78, 5) is 28.4. The highest BCUT2D eigenvalue weighted by atomic mass is 35.5. The molecule has 4 nitrogen and oxygen atoms in total. The van der Waals surface area contributed by atoms with Gasteiger partial charge in [0, 0.05) is 29.6 Å². The summed E-state index contributed by atoms with van der Waals surface area (Å²) in [7, 11) is 0. The van der Waals surface area contributed by atoms with Crippen LogP contribution in [-0.4, -0.2) is 11.7 Å². The fourth-order valence-corrected chi connectivity index (χ4v) is 5.13. The van der Waals surface area contributed by atoms with Crippen molar-refractivity contribution in [3.63, 3.8) is 0 Å². The molecule has 32 heavy (non-hydrogen) atoms. The van der Waals surface area contributed by atoms with Crippen LogP contribution in [0.2, 0.25) is 5.02 Å². The molecule has 0 aromatic heterocycles. The minimum atomic E-state index is -0.587. The second kappa shape index (κ2) is 8.29. The molecule has 1 aliphatic carbocycles. The number of nitrogens with zero attached hydrogens (tertiary/aromatic N) is 1. The Balaban J connectivity index is 1.73. The number of fused-ring (bicyclic) bond motifs is 1. The third-order valence-electron chi connectivity index (χ3n) is 6.30. The third kappa shape index (κ3) is 3.51. The van der Waals surface area contributed by atoms with Crippen molar-refractivity contribution in [1.29, 1.82) is 0 Å². The molecule has 1 amide bonds. The standard InChI is InChI=1S/C27H23ClN2O2/c1-17(31)30-24-14-8-7-13-22(24)29-23-15-19(18-9-3-2-4-10-18)16-25(32)26(23)27(30)20-11-5-6-12-21(20)28/h2-14,19,27,29H,15-16H2,1H3/t19-,27+/m1/s1. The molecule has 1 aliphatic heterocycles. The third-order valence-corrected chi connectivity index (χ3v) is 6.64. The summed E-state index contributed by atoms with van der Waals surface area (Å²) in [5.74, 6) is -0.0228. The lowest BCUT2D eigenvalue weighted by Gasteiger charge is -2.35. The molecule has 5 rings (SSSR count). The number of Topliss-reactive ketones (excluding diaryl/α,β-unsaturated/α-hetero) is 1. The molecule has 3 aromatic rings. The van der Waals surface area contributed by atoms with Crippen molar-refractivity contribution in [3.05, 3.63) is 106 Å². The summed E-state index contributed by atoms with van der Waals surface area (Å²) in [6.45, 7) is 1.53. The van der Waals surface area contributed by atoms with Gasteiger partial charge in [0.25, 0.3) is 0 Å². The first kappa shape index (κ1) is 20.5. The highest BCUT2D eigenvalue weighted by Gasteiger charge is 2.41. The van der Waals surface area contributed by atoms with E-state index in [0.29, 0.717) is 23.4 Å². The van der Waals surface area contributed by atoms with Crippen LogP contribution in [0.15, 0.2) is 90.1 Å². The van der Waals surface area contributed by atoms with Gasteiger partial charge in [0.1, 0.15) is 0 Å². The number of amides is 1. The van der Waals surface area contributed by atoms with Crippen LogP contribution in [0.25, 0.3) is 0 Å². The van der Waals surface area contributed by atoms with Crippen LogP contribution in [0.5, 0.6) is 0 Å². The van der Waals surface area contributed by atoms with Crippen LogP contribution < -0.4 is 10.2 Å². The van der Waals surface area contributed by atoms with E-state index in [0.717, 1.165) is 28.2 Å². The molecular weight excluding hydrogens is 420 g/mol. The summed E-state index contributed by atoms with van der Waals surface area (Å²) >= 11 is 6.62. The zero-order chi connectivity index (χ0) is 22.2. The minimum absolute atomic E-state index is 0.0385. The monoisotopic (exact) mass is 442 g/mol. The van der Waals surface area contributed by atoms with Crippen molar-refractivity contribution in [3.8, 4) is 0 Å². The average Bonchev–Trinajstić information content (AvgIpc) is 2.94. The fraction of sp³-hybridized carbons (Fsp3) is 0.185. The molecule has 0 spiro atoms. The number of nitrogens with one attached hydrogen (secondary N) is 1. The molecule has 0 radical (unpaired) electrons. The maximum atomic E-state index is 13.7. The number of rotatable bonds is 2. The molecule has 1 N–H and O–H groups in total. The van der Waals surface area contributed by atoms with E-state index in [-0.39, 0.29) is 17.6 Å². The molecule has 0 bridgehead atoms. The van der Waals surface area contributed by atoms with E-state index < -0.39 is 6.04 Å². The molecular formula is C27H23ClN2O2. The Morgan fingerprint density at radius 3 is 2.38 bits per heavy atom. The van der Waals surface area contributed by atoms with E-state index in [2.05, 4.69) is 17.4 Å². The van der Waals surface area contributed by atoms with E-state index in [1.807, 2.05) is 60.7 Å². The molecule has 0 saturated carbocycles. The number of allylic oxidation sites excluding steroid dienone is 1. The van der Waals surface area contributed by atoms with Gasteiger partial charge >= 0.3 is 0 Å². The maximum Gasteiger partial charge on any atom is 0.224 e. The number of carbonyl (C=O) groups excluding carboxylic acids is 2. The lowest BCUT2D eigenvalue weighted by atomic mass is 9.78. The Morgan fingerprint density at radius 2 is 1.62 bits per heavy atom. The summed E-state index contributed by atoms with van der Waals surface area (Å²) in [6, 6.07) is 24.7. The van der Waals surface area contributed by atoms with Gasteiger partial charge in [0.05, 0.1) is 17.4 Å². The van der Waals surface area contributed by atoms with E-state index in [1.54, 1.807) is 11.0 Å². The van der Waals surface area contributed by atoms with Crippen molar-refractivity contribution >= 4 is 34.7 Å². The van der Waals surface area contributed by atoms with E-state index >= 15 is 0 Å². The number of carbonyl (C=O) groups is 2. The Bertz CT molecular complexity index is 1240. The fourth-order valence-electron chi connectivity index (χ4n) is 4.89. The van der Waals surface area contributed by atoms with Crippen LogP contribution in [-0.2, 0) is 9.59 Å². The van der Waals surface area contributed by atoms with Crippen LogP contribution in [0.4, 0.5) is 11.4 Å². The SMILES string of the molecule is CC(=O)N1c2ccccc2NC2=C(C(=O)C[C@H](c3ccccc3)C2)[C@@H]1c1ccccc1Cl. The Hall–Kier alpha value is -3.37. The van der Waals surface area contributed by atoms with Gasteiger partial charge < -0.3 is 5.32 Å². The van der Waals surface area contributed by atoms with Gasteiger partial charge in [-0.15, -0.1) is 0 Å². The van der Waals surface area contributed by atoms with Crippen molar-refractivity contribution < 1.29 is 9.59 Å². The highest BCUT2D eigenvalue weighted by Crippen LogP contribution is 2.48. The van der Waals surface area contributed by atoms with Gasteiger partial charge in [0.15, 0.2) is 5.78 Å². The number of ketones is 1. The first-order valence-electron chi connectivity index (χ1n) is 10.8. The van der Waals surface area contributed by atoms with Gasteiger partial charge in [0.2, 0.25) is 5.91 Å². The number of benzene rings is 3. The van der Waals surface area contributed by atoms with Gasteiger partial charge in [-0.05, 0) is 41.7 Å². The summed E-state index contributed by atoms with van der Waals surface area (Å²) in [5, 5.41) is 4.05. The van der Waals surface area contributed by atoms with E-state index in [9.17, 15) is 9.59 Å². The number of anilines is 2. The van der Waals surface area contributed by atoms with Crippen LogP contribution in [0, 0.1) is 0 Å². The topological polar surface area (TPSA) is 49.4 Å². The smallest absolute Gasteiger partial charge is 0.224 e. The van der Waals surface area contributed by atoms with Gasteiger partial charge in [-0.25, -0.2) is 0 Å². The molecule has 2 atom stereocenters. The van der Waals surface area contributed by atoms with Gasteiger partial charge in [-0.2, -0.15) is 0 Å². The molecule has 0 unspecified atom stereocenters. The first-order valence-corrected chi connectivity index (χ1v) is 11.1. The minimum Gasteiger partial charge on any atom is -0.357 e. The Labute approximate surface area is 192 Å². The van der Waals surface area contributed by atoms with E-state index in [4.69, 9.17) is 11.6 Å². The lowest BCUT2D eigenvalue weighted by Crippen LogP contribution is -2.37. The molecule has 5 heteroatoms. The molecule has 3 aromatic carbocycles.